The number of carbonyl (C=O) groups excluding carboxylic acids is 1. The number of hydrogen-bond donors (Lipinski definition) is 0. The monoisotopic (exact) mass is 313 g/mol. The summed E-state index contributed by atoms with van der Waals surface area (Å²) in [5.41, 5.74) is -0.545. The molecule has 0 spiro atoms. The molecule has 0 bridgehead atoms. The van der Waals surface area contributed by atoms with E-state index in [4.69, 9.17) is 0 Å². The maximum atomic E-state index is 12.8. The molecule has 0 saturated carbocycles. The van der Waals surface area contributed by atoms with Crippen LogP contribution in [0.15, 0.2) is 41.6 Å². The summed E-state index contributed by atoms with van der Waals surface area (Å²) < 4.78 is 38.5. The largest absolute Gasteiger partial charge is 0.549 e. The lowest BCUT2D eigenvalue weighted by atomic mass is 10.1. The molecule has 2 aromatic rings. The van der Waals surface area contributed by atoms with Crippen molar-refractivity contribution in [2.24, 2.45) is 0 Å². The van der Waals surface area contributed by atoms with E-state index in [0.717, 1.165) is 6.07 Å². The molecule has 4 nitrogen and oxygen atoms in total. The Morgan fingerprint density at radius 1 is 1.19 bits per heavy atom. The minimum Gasteiger partial charge on any atom is -0.549 e. The molecule has 2 rings (SSSR count). The molecule has 1 heterocycles. The number of aromatic nitrogens is 2. The van der Waals surface area contributed by atoms with E-state index in [9.17, 15) is 23.1 Å². The van der Waals surface area contributed by atoms with E-state index in [1.165, 1.54) is 0 Å². The Morgan fingerprint density at radius 3 is 2.43 bits per heavy atom. The van der Waals surface area contributed by atoms with Gasteiger partial charge in [-0.05, 0) is 6.07 Å². The van der Waals surface area contributed by atoms with E-state index in [0.29, 0.717) is 17.3 Å². The van der Waals surface area contributed by atoms with Gasteiger partial charge >= 0.3 is 6.18 Å². The van der Waals surface area contributed by atoms with Crippen LogP contribution in [0.1, 0.15) is 5.69 Å². The van der Waals surface area contributed by atoms with Gasteiger partial charge in [-0.15, -0.1) is 0 Å². The average Bonchev–Trinajstić information content (AvgIpc) is 2.45. The number of benzene rings is 1. The van der Waals surface area contributed by atoms with Crippen molar-refractivity contribution in [1.82, 2.24) is 9.97 Å². The van der Waals surface area contributed by atoms with Crippen LogP contribution in [-0.2, 0) is 11.0 Å². The maximum Gasteiger partial charge on any atom is 0.433 e. The summed E-state index contributed by atoms with van der Waals surface area (Å²) in [6.45, 7) is 0. The van der Waals surface area contributed by atoms with Crippen LogP contribution < -0.4 is 5.11 Å². The van der Waals surface area contributed by atoms with Gasteiger partial charge in [-0.2, -0.15) is 13.2 Å². The molecular formula is C13H8F3N2O2S-. The van der Waals surface area contributed by atoms with Crippen LogP contribution in [0.3, 0.4) is 0 Å². The van der Waals surface area contributed by atoms with E-state index in [1.807, 2.05) is 0 Å². The Labute approximate surface area is 122 Å². The Balaban J connectivity index is 2.45. The first-order chi connectivity index (χ1) is 9.86. The fraction of sp³-hybridized carbons (Fsp3) is 0.154. The molecule has 0 fully saturated rings. The van der Waals surface area contributed by atoms with E-state index >= 15 is 0 Å². The third-order valence-corrected chi connectivity index (χ3v) is 3.21. The lowest BCUT2D eigenvalue weighted by Gasteiger charge is -2.10. The number of carboxylic acids is 1. The minimum atomic E-state index is -4.64. The second-order valence-electron chi connectivity index (χ2n) is 3.95. The predicted octanol–water partition coefficient (Wildman–Crippen LogP) is 2.00. The second kappa shape index (κ2) is 6.13. The van der Waals surface area contributed by atoms with Crippen molar-refractivity contribution in [2.45, 2.75) is 11.3 Å². The predicted molar refractivity (Wildman–Crippen MR) is 68.2 cm³/mol. The number of hydrogen-bond acceptors (Lipinski definition) is 5. The average molecular weight is 313 g/mol. The smallest absolute Gasteiger partial charge is 0.433 e. The van der Waals surface area contributed by atoms with Crippen molar-refractivity contribution >= 4 is 17.7 Å². The van der Waals surface area contributed by atoms with Crippen LogP contribution in [0, 0.1) is 0 Å². The fourth-order valence-corrected chi connectivity index (χ4v) is 2.09. The fourth-order valence-electron chi connectivity index (χ4n) is 1.52. The summed E-state index contributed by atoms with van der Waals surface area (Å²) >= 11 is 0.583. The first kappa shape index (κ1) is 15.3. The Kier molecular flexibility index (Phi) is 4.46. The highest BCUT2D eigenvalue weighted by Gasteiger charge is 2.33. The molecule has 0 amide bonds. The van der Waals surface area contributed by atoms with E-state index in [-0.39, 0.29) is 10.9 Å². The number of carbonyl (C=O) groups is 1. The van der Waals surface area contributed by atoms with E-state index in [2.05, 4.69) is 9.97 Å². The molecule has 0 aliphatic carbocycles. The van der Waals surface area contributed by atoms with Gasteiger partial charge in [0.2, 0.25) is 0 Å². The molecule has 0 N–H and O–H groups in total. The Bertz CT molecular complexity index is 648. The van der Waals surface area contributed by atoms with Gasteiger partial charge in [0.1, 0.15) is 5.69 Å². The van der Waals surface area contributed by atoms with Gasteiger partial charge in [0, 0.05) is 11.3 Å². The normalized spacial score (nSPS) is 11.4. The summed E-state index contributed by atoms with van der Waals surface area (Å²) in [6, 6.07) is 9.10. The van der Waals surface area contributed by atoms with Gasteiger partial charge in [-0.1, -0.05) is 42.1 Å². The first-order valence-electron chi connectivity index (χ1n) is 5.70. The van der Waals surface area contributed by atoms with Crippen LogP contribution >= 0.6 is 11.8 Å². The van der Waals surface area contributed by atoms with Crippen LogP contribution in [0.5, 0.6) is 0 Å². The molecule has 0 aliphatic heterocycles. The van der Waals surface area contributed by atoms with Gasteiger partial charge < -0.3 is 9.90 Å². The summed E-state index contributed by atoms with van der Waals surface area (Å²) in [7, 11) is 0. The van der Waals surface area contributed by atoms with Crippen LogP contribution in [0.25, 0.3) is 11.3 Å². The highest BCUT2D eigenvalue weighted by atomic mass is 32.2. The topological polar surface area (TPSA) is 65.9 Å². The third kappa shape index (κ3) is 4.19. The van der Waals surface area contributed by atoms with E-state index < -0.39 is 23.6 Å². The number of aliphatic carboxylic acids is 1. The number of alkyl halides is 3. The molecule has 8 heteroatoms. The highest BCUT2D eigenvalue weighted by molar-refractivity contribution is 7.99. The van der Waals surface area contributed by atoms with Crippen molar-refractivity contribution in [1.29, 1.82) is 0 Å². The third-order valence-electron chi connectivity index (χ3n) is 2.38. The second-order valence-corrected chi connectivity index (χ2v) is 4.89. The molecule has 0 aliphatic rings. The molecule has 0 unspecified atom stereocenters. The molecular weight excluding hydrogens is 305 g/mol. The summed E-state index contributed by atoms with van der Waals surface area (Å²) in [6.07, 6.45) is -4.64. The van der Waals surface area contributed by atoms with Gasteiger partial charge in [0.25, 0.3) is 0 Å². The van der Waals surface area contributed by atoms with Crippen LogP contribution in [0.4, 0.5) is 13.2 Å². The molecule has 21 heavy (non-hydrogen) atoms. The Morgan fingerprint density at radius 2 is 1.86 bits per heavy atom. The maximum absolute atomic E-state index is 12.8. The van der Waals surface area contributed by atoms with Crippen molar-refractivity contribution in [3.8, 4) is 11.3 Å². The molecule has 0 saturated heterocycles. The van der Waals surface area contributed by atoms with Gasteiger partial charge in [0.05, 0.1) is 11.7 Å². The molecule has 1 aromatic heterocycles. The number of halogens is 3. The zero-order valence-corrected chi connectivity index (χ0v) is 11.2. The zero-order chi connectivity index (χ0) is 15.5. The molecule has 0 atom stereocenters. The summed E-state index contributed by atoms with van der Waals surface area (Å²) in [5.74, 6) is -1.92. The number of carboxylic acid groups (broad SMARTS) is 1. The number of rotatable bonds is 4. The molecule has 0 radical (unpaired) electrons. The lowest BCUT2D eigenvalue weighted by Crippen LogP contribution is -2.24. The zero-order valence-electron chi connectivity index (χ0n) is 10.4. The minimum absolute atomic E-state index is 0.0822. The molecule has 1 aromatic carbocycles. The highest BCUT2D eigenvalue weighted by Crippen LogP contribution is 2.31. The first-order valence-corrected chi connectivity index (χ1v) is 6.69. The summed E-state index contributed by atoms with van der Waals surface area (Å²) in [5, 5.41) is 10.1. The van der Waals surface area contributed by atoms with Crippen LogP contribution in [-0.4, -0.2) is 21.7 Å². The summed E-state index contributed by atoms with van der Waals surface area (Å²) in [4.78, 5) is 17.7. The number of thioether (sulfide) groups is 1. The lowest BCUT2D eigenvalue weighted by molar-refractivity contribution is -0.301. The van der Waals surface area contributed by atoms with Gasteiger partial charge in [-0.3, -0.25) is 0 Å². The molecule has 110 valence electrons. The number of nitrogens with zero attached hydrogens (tertiary/aromatic N) is 2. The van der Waals surface area contributed by atoms with Crippen molar-refractivity contribution < 1.29 is 23.1 Å². The SMILES string of the molecule is O=C([O-])CSc1nc(-c2ccccc2)cc(C(F)(F)F)n1. The van der Waals surface area contributed by atoms with E-state index in [1.54, 1.807) is 30.3 Å². The quantitative estimate of drug-likeness (QED) is 0.638. The van der Waals surface area contributed by atoms with Crippen molar-refractivity contribution in [3.63, 3.8) is 0 Å². The standard InChI is InChI=1S/C13H9F3N2O2S/c14-13(15,16)10-6-9(8-4-2-1-3-5-8)17-12(18-10)21-7-11(19)20/h1-6H,7H2,(H,19,20)/p-1. The van der Waals surface area contributed by atoms with Gasteiger partial charge in [0.15, 0.2) is 5.16 Å². The van der Waals surface area contributed by atoms with Gasteiger partial charge in [-0.25, -0.2) is 9.97 Å². The van der Waals surface area contributed by atoms with Crippen molar-refractivity contribution in [3.05, 3.63) is 42.1 Å². The van der Waals surface area contributed by atoms with Crippen molar-refractivity contribution in [2.75, 3.05) is 5.75 Å². The van der Waals surface area contributed by atoms with Crippen LogP contribution in [0.2, 0.25) is 0 Å². The Hall–Kier alpha value is -2.09.